The highest BCUT2D eigenvalue weighted by molar-refractivity contribution is 5.69. The molecule has 6 nitrogen and oxygen atoms in total. The second-order valence-electron chi connectivity index (χ2n) is 6.38. The minimum absolute atomic E-state index is 0.0987. The molecule has 1 saturated heterocycles. The molecule has 2 amide bonds. The first kappa shape index (κ1) is 17.8. The van der Waals surface area contributed by atoms with Crippen LogP contribution in [-0.4, -0.2) is 30.4 Å². The highest BCUT2D eigenvalue weighted by Gasteiger charge is 2.35. The number of primary amides is 1. The minimum Gasteiger partial charge on any atom is -0.442 e. The van der Waals surface area contributed by atoms with Crippen molar-refractivity contribution in [1.82, 2.24) is 5.32 Å². The molecule has 2 aromatic rings. The van der Waals surface area contributed by atoms with Gasteiger partial charge in [0.05, 0.1) is 0 Å². The van der Waals surface area contributed by atoms with Gasteiger partial charge in [0.2, 0.25) is 0 Å². The van der Waals surface area contributed by atoms with Gasteiger partial charge in [0.25, 0.3) is 0 Å². The first-order chi connectivity index (χ1) is 12.6. The van der Waals surface area contributed by atoms with E-state index in [1.165, 1.54) is 0 Å². The third kappa shape index (κ3) is 4.99. The van der Waals surface area contributed by atoms with E-state index in [1.807, 2.05) is 60.7 Å². The van der Waals surface area contributed by atoms with Crippen LogP contribution < -0.4 is 11.1 Å². The predicted octanol–water partition coefficient (Wildman–Crippen LogP) is 2.80. The van der Waals surface area contributed by atoms with Gasteiger partial charge >= 0.3 is 12.2 Å². The molecule has 1 fully saturated rings. The number of rotatable bonds is 6. The molecular formula is C20H22N2O4. The van der Waals surface area contributed by atoms with Crippen molar-refractivity contribution in [2.24, 2.45) is 5.73 Å². The summed E-state index contributed by atoms with van der Waals surface area (Å²) in [6.07, 6.45) is -0.912. The SMILES string of the molecule is NC(=O)O[C@@H](Cc1ccccc1)C1CC(Cc2ccccc2)NC(=O)O1. The first-order valence-corrected chi connectivity index (χ1v) is 8.61. The molecule has 0 bridgehead atoms. The van der Waals surface area contributed by atoms with Crippen LogP contribution in [0.25, 0.3) is 0 Å². The first-order valence-electron chi connectivity index (χ1n) is 8.61. The Morgan fingerprint density at radius 2 is 1.73 bits per heavy atom. The molecule has 26 heavy (non-hydrogen) atoms. The third-order valence-electron chi connectivity index (χ3n) is 4.38. The van der Waals surface area contributed by atoms with Crippen molar-refractivity contribution in [2.75, 3.05) is 0 Å². The van der Waals surface area contributed by atoms with Crippen molar-refractivity contribution in [2.45, 2.75) is 37.5 Å². The van der Waals surface area contributed by atoms with Crippen LogP contribution in [0, 0.1) is 0 Å². The standard InChI is InChI=1S/C20H22N2O4/c21-19(23)25-17(12-15-9-5-2-6-10-15)18-13-16(22-20(24)26-18)11-14-7-3-1-4-8-14/h1-10,16-18H,11-13H2,(H2,21,23)(H,22,24)/t16?,17-,18?/m0/s1. The van der Waals surface area contributed by atoms with Gasteiger partial charge in [-0.25, -0.2) is 9.59 Å². The van der Waals surface area contributed by atoms with Gasteiger partial charge in [0.15, 0.2) is 0 Å². The van der Waals surface area contributed by atoms with Gasteiger partial charge in [-0.05, 0) is 17.5 Å². The summed E-state index contributed by atoms with van der Waals surface area (Å²) in [5, 5.41) is 2.83. The molecular weight excluding hydrogens is 332 g/mol. The fraction of sp³-hybridized carbons (Fsp3) is 0.300. The Labute approximate surface area is 152 Å². The molecule has 1 heterocycles. The molecule has 0 aliphatic carbocycles. The molecule has 0 radical (unpaired) electrons. The number of hydrogen-bond acceptors (Lipinski definition) is 4. The Morgan fingerprint density at radius 3 is 2.35 bits per heavy atom. The zero-order valence-corrected chi connectivity index (χ0v) is 14.3. The highest BCUT2D eigenvalue weighted by Crippen LogP contribution is 2.21. The van der Waals surface area contributed by atoms with Crippen molar-refractivity contribution >= 4 is 12.2 Å². The summed E-state index contributed by atoms with van der Waals surface area (Å²) in [7, 11) is 0. The Morgan fingerprint density at radius 1 is 1.12 bits per heavy atom. The molecule has 1 aliphatic rings. The Kier molecular flexibility index (Phi) is 5.73. The number of cyclic esters (lactones) is 1. The number of ether oxygens (including phenoxy) is 2. The molecule has 2 aromatic carbocycles. The normalized spacial score (nSPS) is 20.5. The van der Waals surface area contributed by atoms with E-state index in [2.05, 4.69) is 5.32 Å². The summed E-state index contributed by atoms with van der Waals surface area (Å²) in [4.78, 5) is 23.4. The largest absolute Gasteiger partial charge is 0.442 e. The topological polar surface area (TPSA) is 90.7 Å². The molecule has 0 aromatic heterocycles. The van der Waals surface area contributed by atoms with Gasteiger partial charge in [-0.2, -0.15) is 0 Å². The summed E-state index contributed by atoms with van der Waals surface area (Å²) in [6, 6.07) is 19.4. The molecule has 3 rings (SSSR count). The Balaban J connectivity index is 1.72. The van der Waals surface area contributed by atoms with E-state index >= 15 is 0 Å². The lowest BCUT2D eigenvalue weighted by Gasteiger charge is -2.34. The predicted molar refractivity (Wildman–Crippen MR) is 96.6 cm³/mol. The van der Waals surface area contributed by atoms with E-state index in [0.717, 1.165) is 11.1 Å². The zero-order valence-electron chi connectivity index (χ0n) is 14.3. The number of benzene rings is 2. The van der Waals surface area contributed by atoms with Crippen molar-refractivity contribution in [1.29, 1.82) is 0 Å². The van der Waals surface area contributed by atoms with Crippen LogP contribution in [0.3, 0.4) is 0 Å². The monoisotopic (exact) mass is 354 g/mol. The van der Waals surface area contributed by atoms with E-state index in [1.54, 1.807) is 0 Å². The van der Waals surface area contributed by atoms with Gasteiger partial charge in [0.1, 0.15) is 12.2 Å². The number of nitrogens with two attached hydrogens (primary N) is 1. The smallest absolute Gasteiger partial charge is 0.407 e. The van der Waals surface area contributed by atoms with E-state index < -0.39 is 24.4 Å². The van der Waals surface area contributed by atoms with Crippen LogP contribution in [-0.2, 0) is 22.3 Å². The lowest BCUT2D eigenvalue weighted by molar-refractivity contribution is -0.0289. The molecule has 136 valence electrons. The van der Waals surface area contributed by atoms with Crippen LogP contribution in [0.15, 0.2) is 60.7 Å². The molecule has 6 heteroatoms. The molecule has 2 unspecified atom stereocenters. The van der Waals surface area contributed by atoms with Crippen LogP contribution in [0.1, 0.15) is 17.5 Å². The van der Waals surface area contributed by atoms with Crippen molar-refractivity contribution in [3.8, 4) is 0 Å². The maximum Gasteiger partial charge on any atom is 0.407 e. The fourth-order valence-corrected chi connectivity index (χ4v) is 3.23. The third-order valence-corrected chi connectivity index (χ3v) is 4.38. The molecule has 1 aliphatic heterocycles. The van der Waals surface area contributed by atoms with Gasteiger partial charge in [-0.15, -0.1) is 0 Å². The summed E-state index contributed by atoms with van der Waals surface area (Å²) in [5.74, 6) is 0. The van der Waals surface area contributed by atoms with Crippen molar-refractivity contribution in [3.63, 3.8) is 0 Å². The summed E-state index contributed by atoms with van der Waals surface area (Å²) < 4.78 is 10.7. The van der Waals surface area contributed by atoms with Crippen molar-refractivity contribution in [3.05, 3.63) is 71.8 Å². The minimum atomic E-state index is -0.875. The average molecular weight is 354 g/mol. The molecule has 3 N–H and O–H groups in total. The maximum atomic E-state index is 12.0. The second-order valence-corrected chi connectivity index (χ2v) is 6.38. The zero-order chi connectivity index (χ0) is 18.4. The lowest BCUT2D eigenvalue weighted by atomic mass is 9.94. The maximum absolute atomic E-state index is 12.0. The van der Waals surface area contributed by atoms with E-state index in [4.69, 9.17) is 15.2 Å². The summed E-state index contributed by atoms with van der Waals surface area (Å²) in [5.41, 5.74) is 7.33. The second kappa shape index (κ2) is 8.38. The highest BCUT2D eigenvalue weighted by atomic mass is 16.6. The Hall–Kier alpha value is -3.02. The molecule has 0 saturated carbocycles. The van der Waals surface area contributed by atoms with Gasteiger partial charge < -0.3 is 20.5 Å². The molecule has 3 atom stereocenters. The number of amides is 2. The van der Waals surface area contributed by atoms with Crippen LogP contribution >= 0.6 is 0 Å². The molecule has 0 spiro atoms. The van der Waals surface area contributed by atoms with Crippen LogP contribution in [0.5, 0.6) is 0 Å². The van der Waals surface area contributed by atoms with Gasteiger partial charge in [0, 0.05) is 18.9 Å². The summed E-state index contributed by atoms with van der Waals surface area (Å²) in [6.45, 7) is 0. The number of hydrogen-bond donors (Lipinski definition) is 2. The number of carbonyl (C=O) groups is 2. The van der Waals surface area contributed by atoms with E-state index in [-0.39, 0.29) is 6.04 Å². The quantitative estimate of drug-likeness (QED) is 0.834. The lowest BCUT2D eigenvalue weighted by Crippen LogP contribution is -2.51. The van der Waals surface area contributed by atoms with Gasteiger partial charge in [-0.1, -0.05) is 60.7 Å². The number of carbonyl (C=O) groups excluding carboxylic acids is 2. The Bertz CT molecular complexity index is 736. The van der Waals surface area contributed by atoms with Crippen molar-refractivity contribution < 1.29 is 19.1 Å². The fourth-order valence-electron chi connectivity index (χ4n) is 3.23. The average Bonchev–Trinajstić information content (AvgIpc) is 2.62. The van der Waals surface area contributed by atoms with Gasteiger partial charge in [-0.3, -0.25) is 0 Å². The van der Waals surface area contributed by atoms with Crippen LogP contribution in [0.4, 0.5) is 9.59 Å². The number of nitrogens with one attached hydrogen (secondary N) is 1. The summed E-state index contributed by atoms with van der Waals surface area (Å²) >= 11 is 0. The van der Waals surface area contributed by atoms with E-state index in [0.29, 0.717) is 19.3 Å². The number of alkyl carbamates (subject to hydrolysis) is 1. The van der Waals surface area contributed by atoms with E-state index in [9.17, 15) is 9.59 Å². The van der Waals surface area contributed by atoms with Crippen LogP contribution in [0.2, 0.25) is 0 Å².